The minimum absolute atomic E-state index is 0.874. The molecule has 0 atom stereocenters. The lowest BCUT2D eigenvalue weighted by Crippen LogP contribution is -2.01. The summed E-state index contributed by atoms with van der Waals surface area (Å²) in [6.07, 6.45) is 0. The summed E-state index contributed by atoms with van der Waals surface area (Å²) in [5.74, 6) is 0. The third-order valence-corrected chi connectivity index (χ3v) is 19.1. The van der Waals surface area contributed by atoms with Crippen LogP contribution in [0.1, 0.15) is 0 Å². The first-order valence-corrected chi connectivity index (χ1v) is 30.6. The van der Waals surface area contributed by atoms with Crippen molar-refractivity contribution in [1.82, 2.24) is 15.0 Å². The zero-order valence-electron chi connectivity index (χ0n) is 35.5. The molecule has 10 aromatic rings. The smallest absolute Gasteiger partial charge is 0.124 e. The van der Waals surface area contributed by atoms with E-state index in [1.54, 1.807) is 74.0 Å². The van der Waals surface area contributed by atoms with Crippen LogP contribution in [0.5, 0.6) is 0 Å². The maximum Gasteiger partial charge on any atom is 0.124 e. The van der Waals surface area contributed by atoms with Gasteiger partial charge in [0.15, 0.2) is 0 Å². The van der Waals surface area contributed by atoms with Crippen LogP contribution in [0.2, 0.25) is 0 Å². The largest absolute Gasteiger partial charge is 0.319 e. The van der Waals surface area contributed by atoms with Gasteiger partial charge in [0.1, 0.15) is 36.4 Å². The molecule has 0 unspecified atom stereocenters. The van der Waals surface area contributed by atoms with E-state index in [1.165, 1.54) is 0 Å². The summed E-state index contributed by atoms with van der Waals surface area (Å²) in [7, 11) is -7.03. The second-order valence-corrected chi connectivity index (χ2v) is 29.8. The Kier molecular flexibility index (Phi) is 10.5. The molecule has 0 bridgehead atoms. The molecule has 0 fully saturated rings. The van der Waals surface area contributed by atoms with Crippen LogP contribution in [0.15, 0.2) is 146 Å². The lowest BCUT2D eigenvalue weighted by molar-refractivity contribution is 0.587. The van der Waals surface area contributed by atoms with E-state index in [0.29, 0.717) is 0 Å². The van der Waals surface area contributed by atoms with Crippen LogP contribution in [0.4, 0.5) is 0 Å². The number of hydrogen-bond donors (Lipinski definition) is 0. The zero-order chi connectivity index (χ0) is 43.8. The molecule has 0 saturated heterocycles. The summed E-state index contributed by atoms with van der Waals surface area (Å²) in [4.78, 5) is 15.5. The van der Waals surface area contributed by atoms with Crippen molar-refractivity contribution in [2.24, 2.45) is 0 Å². The number of fused-ring (bicyclic) bond motifs is 3. The molecular weight excluding hydrogens is 892 g/mol. The molecule has 7 aromatic carbocycles. The first-order chi connectivity index (χ1) is 30.0. The first-order valence-electron chi connectivity index (χ1n) is 20.4. The molecule has 12 heteroatoms. The van der Waals surface area contributed by atoms with Gasteiger partial charge in [-0.2, -0.15) is 0 Å². The van der Waals surface area contributed by atoms with Crippen LogP contribution >= 0.6 is 55.4 Å². The van der Waals surface area contributed by atoms with Crippen molar-refractivity contribution in [3.8, 4) is 65.1 Å². The van der Waals surface area contributed by atoms with Crippen LogP contribution in [-0.4, -0.2) is 54.9 Å². The maximum atomic E-state index is 12.7. The second-order valence-electron chi connectivity index (χ2n) is 17.1. The van der Waals surface area contributed by atoms with Crippen LogP contribution in [0.3, 0.4) is 0 Å². The van der Waals surface area contributed by atoms with Crippen LogP contribution in [0.25, 0.3) is 95.7 Å². The van der Waals surface area contributed by atoms with Crippen molar-refractivity contribution in [2.45, 2.75) is 0 Å². The number of aromatic nitrogens is 3. The lowest BCUT2D eigenvalue weighted by atomic mass is 10.1. The Labute approximate surface area is 378 Å². The Morgan fingerprint density at radius 1 is 0.302 bits per heavy atom. The van der Waals surface area contributed by atoms with Gasteiger partial charge in [-0.1, -0.05) is 91.0 Å². The summed E-state index contributed by atoms with van der Waals surface area (Å²) >= 11 is 4.99. The van der Waals surface area contributed by atoms with Crippen molar-refractivity contribution in [3.63, 3.8) is 0 Å². The van der Waals surface area contributed by atoms with E-state index in [9.17, 15) is 13.7 Å². The van der Waals surface area contributed by atoms with Crippen molar-refractivity contribution in [2.75, 3.05) is 40.0 Å². The summed E-state index contributed by atoms with van der Waals surface area (Å²) in [5.41, 5.74) is 12.2. The molecular formula is C51H42N3O3P3S3. The standard InChI is InChI=1S/C51H42N3O3P3S3/c1-58(2,55)40-16-7-31(8-17-40)34-13-22-43-46(28-34)61-49(52-43)37-25-38(50-53-44-23-14-35(29-47(44)62-50)32-9-18-41(19-10-32)59(3,4)56)27-39(26-37)51-54-45-24-15-36(30-48(45)63-51)33-11-20-42(21-12-33)60(5,6)57/h7-30H,1-6H3. The van der Waals surface area contributed by atoms with Gasteiger partial charge in [-0.3, -0.25) is 0 Å². The van der Waals surface area contributed by atoms with E-state index in [-0.39, 0.29) is 0 Å². The van der Waals surface area contributed by atoms with Crippen molar-refractivity contribution in [1.29, 1.82) is 0 Å². The molecule has 0 radical (unpaired) electrons. The third-order valence-electron chi connectivity index (χ3n) is 11.3. The Bertz CT molecular complexity index is 3170. The van der Waals surface area contributed by atoms with E-state index in [0.717, 1.165) is 112 Å². The van der Waals surface area contributed by atoms with Crippen molar-refractivity contribution in [3.05, 3.63) is 146 Å². The van der Waals surface area contributed by atoms with Crippen molar-refractivity contribution < 1.29 is 13.7 Å². The van der Waals surface area contributed by atoms with Gasteiger partial charge in [0.2, 0.25) is 0 Å². The molecule has 0 saturated carbocycles. The number of nitrogens with zero attached hydrogens (tertiary/aromatic N) is 3. The monoisotopic (exact) mass is 933 g/mol. The fourth-order valence-corrected chi connectivity index (χ4v) is 13.3. The Balaban J connectivity index is 1.05. The third kappa shape index (κ3) is 8.52. The average molecular weight is 934 g/mol. The van der Waals surface area contributed by atoms with Gasteiger partial charge in [-0.05, 0) is 128 Å². The number of rotatable bonds is 9. The summed E-state index contributed by atoms with van der Waals surface area (Å²) in [6, 6.07) is 49.8. The second kappa shape index (κ2) is 15.9. The van der Waals surface area contributed by atoms with E-state index in [4.69, 9.17) is 15.0 Å². The molecule has 0 amide bonds. The van der Waals surface area contributed by atoms with Gasteiger partial charge in [-0.15, -0.1) is 34.0 Å². The topological polar surface area (TPSA) is 89.9 Å². The van der Waals surface area contributed by atoms with Gasteiger partial charge in [0.25, 0.3) is 0 Å². The quantitative estimate of drug-likeness (QED) is 0.134. The molecule has 10 rings (SSSR count). The average Bonchev–Trinajstić information content (AvgIpc) is 4.02. The van der Waals surface area contributed by atoms with E-state index in [1.807, 2.05) is 36.4 Å². The van der Waals surface area contributed by atoms with Gasteiger partial charge in [-0.25, -0.2) is 15.0 Å². The predicted octanol–water partition coefficient (Wildman–Crippen LogP) is 14.3. The fraction of sp³-hybridized carbons (Fsp3) is 0.118. The highest BCUT2D eigenvalue weighted by Gasteiger charge is 2.19. The Hall–Kier alpha value is -5.10. The predicted molar refractivity (Wildman–Crippen MR) is 276 cm³/mol. The van der Waals surface area contributed by atoms with Gasteiger partial charge < -0.3 is 13.7 Å². The normalized spacial score (nSPS) is 12.5. The Morgan fingerprint density at radius 3 is 0.778 bits per heavy atom. The van der Waals surface area contributed by atoms with Crippen LogP contribution in [-0.2, 0) is 13.7 Å². The lowest BCUT2D eigenvalue weighted by Gasteiger charge is -2.08. The van der Waals surface area contributed by atoms with Crippen molar-refractivity contribution >= 4 is 102 Å². The zero-order valence-corrected chi connectivity index (χ0v) is 40.6. The molecule has 0 spiro atoms. The number of benzene rings is 7. The maximum absolute atomic E-state index is 12.7. The molecule has 312 valence electrons. The highest BCUT2D eigenvalue weighted by Crippen LogP contribution is 2.43. The minimum atomic E-state index is -2.34. The van der Waals surface area contributed by atoms with E-state index in [2.05, 4.69) is 109 Å². The number of thiazole rings is 3. The summed E-state index contributed by atoms with van der Waals surface area (Å²) in [6.45, 7) is 10.8. The van der Waals surface area contributed by atoms with Gasteiger partial charge in [0, 0.05) is 32.6 Å². The molecule has 0 aliphatic rings. The highest BCUT2D eigenvalue weighted by atomic mass is 32.1. The number of hydrogen-bond acceptors (Lipinski definition) is 9. The van der Waals surface area contributed by atoms with Crippen LogP contribution in [0, 0.1) is 0 Å². The van der Waals surface area contributed by atoms with E-state index >= 15 is 0 Å². The SMILES string of the molecule is CP(C)(=O)c1ccc(-c2ccc3nc(-c4cc(-c5nc6ccc(-c7ccc(P(C)(C)=O)cc7)cc6s5)cc(-c5nc6ccc(-c7ccc(P(C)(C)=O)cc7)cc6s5)c4)sc3c2)cc1. The summed E-state index contributed by atoms with van der Waals surface area (Å²) < 4.78 is 41.3. The minimum Gasteiger partial charge on any atom is -0.319 e. The molecule has 3 aromatic heterocycles. The van der Waals surface area contributed by atoms with Crippen LogP contribution < -0.4 is 15.9 Å². The molecule has 3 heterocycles. The van der Waals surface area contributed by atoms with Gasteiger partial charge >= 0.3 is 0 Å². The first kappa shape index (κ1) is 41.9. The fourth-order valence-electron chi connectivity index (χ4n) is 7.72. The molecule has 0 aliphatic heterocycles. The highest BCUT2D eigenvalue weighted by molar-refractivity contribution is 7.70. The molecule has 6 nitrogen and oxygen atoms in total. The Morgan fingerprint density at radius 2 is 0.540 bits per heavy atom. The van der Waals surface area contributed by atoms with Gasteiger partial charge in [0.05, 0.1) is 30.6 Å². The molecule has 63 heavy (non-hydrogen) atoms. The molecule has 0 aliphatic carbocycles. The van der Waals surface area contributed by atoms with E-state index < -0.39 is 21.4 Å². The summed E-state index contributed by atoms with van der Waals surface area (Å²) in [5, 5.41) is 5.34. The molecule has 0 N–H and O–H groups in total.